The summed E-state index contributed by atoms with van der Waals surface area (Å²) in [6.07, 6.45) is 4.67. The van der Waals surface area contributed by atoms with Crippen molar-refractivity contribution in [3.8, 4) is 11.4 Å². The second-order valence-electron chi connectivity index (χ2n) is 8.98. The highest BCUT2D eigenvalue weighted by Crippen LogP contribution is 2.40. The van der Waals surface area contributed by atoms with Crippen LogP contribution >= 0.6 is 11.6 Å². The summed E-state index contributed by atoms with van der Waals surface area (Å²) in [5, 5.41) is 19.1. The normalized spacial score (nSPS) is 14.3. The van der Waals surface area contributed by atoms with Gasteiger partial charge >= 0.3 is 0 Å². The minimum Gasteiger partial charge on any atom is -0.491 e. The molecule has 2 aromatic carbocycles. The molecule has 1 N–H and O–H groups in total. The number of non-ortho nitro benzene ring substituents is 1. The van der Waals surface area contributed by atoms with Crippen LogP contribution in [0.3, 0.4) is 0 Å². The highest BCUT2D eigenvalue weighted by molar-refractivity contribution is 6.28. The van der Waals surface area contributed by atoms with Crippen LogP contribution in [0.25, 0.3) is 5.69 Å². The third-order valence-electron chi connectivity index (χ3n) is 6.43. The number of aromatic nitrogens is 5. The van der Waals surface area contributed by atoms with Crippen LogP contribution in [0.2, 0.25) is 5.28 Å². The number of hydrogen-bond acceptors (Lipinski definition) is 8. The summed E-state index contributed by atoms with van der Waals surface area (Å²) in [5.41, 5.74) is 3.44. The lowest BCUT2D eigenvalue weighted by Gasteiger charge is -2.14. The van der Waals surface area contributed by atoms with Crippen LogP contribution in [0, 0.1) is 22.9 Å². The zero-order chi connectivity index (χ0) is 26.6. The average molecular weight is 538 g/mol. The monoisotopic (exact) mass is 537 g/mol. The fourth-order valence-corrected chi connectivity index (χ4v) is 4.77. The Bertz CT molecular complexity index is 1460. The Morgan fingerprint density at radius 1 is 1.21 bits per heavy atom. The van der Waals surface area contributed by atoms with Crippen LogP contribution in [0.5, 0.6) is 5.75 Å². The number of anilines is 1. The number of hydrogen-bond donors (Lipinski definition) is 1. The molecule has 2 heterocycles. The molecule has 0 saturated heterocycles. The number of nitrogens with zero attached hydrogens (tertiary/aromatic N) is 6. The van der Waals surface area contributed by atoms with Gasteiger partial charge in [0.05, 0.1) is 23.3 Å². The number of unbranched alkanes of at least 4 members (excludes halogenated alkanes) is 1. The number of aryl methyl sites for hydroxylation is 1. The van der Waals surface area contributed by atoms with Crippen LogP contribution in [0.15, 0.2) is 48.8 Å². The van der Waals surface area contributed by atoms with Crippen LogP contribution in [-0.4, -0.2) is 42.8 Å². The van der Waals surface area contributed by atoms with Gasteiger partial charge in [0.1, 0.15) is 29.5 Å². The van der Waals surface area contributed by atoms with Crippen molar-refractivity contribution in [3.63, 3.8) is 0 Å². The lowest BCUT2D eigenvalue weighted by molar-refractivity contribution is -0.384. The molecular formula is C26H25ClFN7O3. The van der Waals surface area contributed by atoms with Gasteiger partial charge in [-0.1, -0.05) is 12.1 Å². The molecule has 2 aromatic heterocycles. The van der Waals surface area contributed by atoms with Crippen molar-refractivity contribution in [2.45, 2.75) is 38.5 Å². The van der Waals surface area contributed by atoms with Gasteiger partial charge in [0.25, 0.3) is 5.69 Å². The minimum atomic E-state index is -0.459. The van der Waals surface area contributed by atoms with Gasteiger partial charge in [0, 0.05) is 24.1 Å². The molecule has 12 heteroatoms. The summed E-state index contributed by atoms with van der Waals surface area (Å²) >= 11 is 6.24. The first-order chi connectivity index (χ1) is 18.4. The van der Waals surface area contributed by atoms with Gasteiger partial charge < -0.3 is 10.1 Å². The fourth-order valence-electron chi connectivity index (χ4n) is 4.60. The highest BCUT2D eigenvalue weighted by atomic mass is 35.5. The zero-order valence-electron chi connectivity index (χ0n) is 20.6. The second-order valence-corrected chi connectivity index (χ2v) is 9.31. The van der Waals surface area contributed by atoms with Gasteiger partial charge in [-0.05, 0) is 68.0 Å². The van der Waals surface area contributed by atoms with Crippen LogP contribution < -0.4 is 10.1 Å². The molecular weight excluding hydrogens is 513 g/mol. The third kappa shape index (κ3) is 5.57. The molecule has 0 amide bonds. The summed E-state index contributed by atoms with van der Waals surface area (Å²) in [6.45, 7) is 2.76. The maximum atomic E-state index is 13.4. The highest BCUT2D eigenvalue weighted by Gasteiger charge is 2.29. The van der Waals surface area contributed by atoms with E-state index in [0.29, 0.717) is 42.7 Å². The number of halogens is 2. The molecule has 1 unspecified atom stereocenters. The van der Waals surface area contributed by atoms with Crippen LogP contribution in [-0.2, 0) is 6.42 Å². The Kier molecular flexibility index (Phi) is 7.45. The lowest BCUT2D eigenvalue weighted by Crippen LogP contribution is -2.10. The van der Waals surface area contributed by atoms with E-state index in [1.54, 1.807) is 31.5 Å². The minimum absolute atomic E-state index is 0.0537. The molecule has 0 saturated carbocycles. The van der Waals surface area contributed by atoms with E-state index in [0.717, 1.165) is 36.1 Å². The smallest absolute Gasteiger partial charge is 0.273 e. The first-order valence-corrected chi connectivity index (χ1v) is 12.6. The molecule has 1 aliphatic carbocycles. The summed E-state index contributed by atoms with van der Waals surface area (Å²) < 4.78 is 20.8. The number of nitro groups is 1. The number of benzene rings is 2. The van der Waals surface area contributed by atoms with E-state index in [2.05, 4.69) is 25.4 Å². The standard InChI is InChI=1S/C26H25ClFN7O3/c1-16-30-15-34(33-16)22-11-8-19(35(36)37)14-23(22)38-13-3-2-12-29-25-21-10-9-20(24(21)31-26(27)32-25)17-4-6-18(28)7-5-17/h4-8,11,14-15,20H,2-3,9-10,12-13H2,1H3,(H,29,31,32). The van der Waals surface area contributed by atoms with Gasteiger partial charge in [-0.2, -0.15) is 5.10 Å². The Balaban J connectivity index is 1.19. The molecule has 4 aromatic rings. The molecule has 5 rings (SSSR count). The van der Waals surface area contributed by atoms with Crippen molar-refractivity contribution >= 4 is 23.1 Å². The molecule has 0 spiro atoms. The van der Waals surface area contributed by atoms with Crippen molar-refractivity contribution < 1.29 is 14.1 Å². The average Bonchev–Trinajstić information content (AvgIpc) is 3.52. The molecule has 1 aliphatic rings. The lowest BCUT2D eigenvalue weighted by atomic mass is 9.97. The number of ether oxygens (including phenoxy) is 1. The van der Waals surface area contributed by atoms with E-state index < -0.39 is 4.92 Å². The Morgan fingerprint density at radius 2 is 2.03 bits per heavy atom. The van der Waals surface area contributed by atoms with E-state index >= 15 is 0 Å². The van der Waals surface area contributed by atoms with E-state index in [-0.39, 0.29) is 22.7 Å². The molecule has 38 heavy (non-hydrogen) atoms. The molecule has 0 bridgehead atoms. The largest absolute Gasteiger partial charge is 0.491 e. The molecule has 196 valence electrons. The Morgan fingerprint density at radius 3 is 2.76 bits per heavy atom. The van der Waals surface area contributed by atoms with E-state index in [1.807, 2.05) is 0 Å². The number of fused-ring (bicyclic) bond motifs is 1. The van der Waals surface area contributed by atoms with Crippen molar-refractivity contribution in [2.24, 2.45) is 0 Å². The first-order valence-electron chi connectivity index (χ1n) is 12.2. The Hall–Kier alpha value is -4.12. The van der Waals surface area contributed by atoms with Crippen LogP contribution in [0.4, 0.5) is 15.9 Å². The number of nitro benzene ring substituents is 1. The quantitative estimate of drug-likeness (QED) is 0.123. The maximum Gasteiger partial charge on any atom is 0.273 e. The van der Waals surface area contributed by atoms with Gasteiger partial charge in [-0.15, -0.1) is 0 Å². The summed E-state index contributed by atoms with van der Waals surface area (Å²) in [5.74, 6) is 1.45. The third-order valence-corrected chi connectivity index (χ3v) is 6.59. The molecule has 0 fully saturated rings. The molecule has 0 aliphatic heterocycles. The molecule has 0 radical (unpaired) electrons. The fraction of sp³-hybridized carbons (Fsp3) is 0.308. The van der Waals surface area contributed by atoms with E-state index in [1.165, 1.54) is 28.9 Å². The topological polar surface area (TPSA) is 121 Å². The zero-order valence-corrected chi connectivity index (χ0v) is 21.4. The van der Waals surface area contributed by atoms with Crippen molar-refractivity contribution in [1.29, 1.82) is 0 Å². The summed E-state index contributed by atoms with van der Waals surface area (Å²) in [6, 6.07) is 10.9. The SMILES string of the molecule is Cc1ncn(-c2ccc([N+](=O)[O-])cc2OCCCCNc2nc(Cl)nc3c2CCC3c2ccc(F)cc2)n1. The predicted octanol–water partition coefficient (Wildman–Crippen LogP) is 5.42. The van der Waals surface area contributed by atoms with Crippen molar-refractivity contribution in [3.05, 3.63) is 92.7 Å². The second kappa shape index (κ2) is 11.1. The van der Waals surface area contributed by atoms with E-state index in [4.69, 9.17) is 16.3 Å². The molecule has 1 atom stereocenters. The number of nitrogens with one attached hydrogen (secondary N) is 1. The Labute approximate surface area is 223 Å². The van der Waals surface area contributed by atoms with Crippen molar-refractivity contribution in [2.75, 3.05) is 18.5 Å². The first kappa shape index (κ1) is 25.5. The summed E-state index contributed by atoms with van der Waals surface area (Å²) in [4.78, 5) is 23.8. The van der Waals surface area contributed by atoms with Gasteiger partial charge in [-0.3, -0.25) is 10.1 Å². The number of rotatable bonds is 10. The van der Waals surface area contributed by atoms with Gasteiger partial charge in [0.15, 0.2) is 5.75 Å². The van der Waals surface area contributed by atoms with Crippen molar-refractivity contribution in [1.82, 2.24) is 24.7 Å². The van der Waals surface area contributed by atoms with E-state index in [9.17, 15) is 14.5 Å². The van der Waals surface area contributed by atoms with Gasteiger partial charge in [-0.25, -0.2) is 24.0 Å². The molecule has 10 nitrogen and oxygen atoms in total. The summed E-state index contributed by atoms with van der Waals surface area (Å²) in [7, 11) is 0. The van der Waals surface area contributed by atoms with Crippen LogP contribution in [0.1, 0.15) is 47.8 Å². The van der Waals surface area contributed by atoms with Gasteiger partial charge in [0.2, 0.25) is 5.28 Å². The predicted molar refractivity (Wildman–Crippen MR) is 140 cm³/mol. The maximum absolute atomic E-state index is 13.4.